The van der Waals surface area contributed by atoms with Crippen LogP contribution in [0.3, 0.4) is 0 Å². The van der Waals surface area contributed by atoms with Crippen molar-refractivity contribution in [1.29, 1.82) is 0 Å². The highest BCUT2D eigenvalue weighted by Crippen LogP contribution is 2.39. The molecule has 5 rings (SSSR count). The summed E-state index contributed by atoms with van der Waals surface area (Å²) in [5.41, 5.74) is 2.88. The van der Waals surface area contributed by atoms with Gasteiger partial charge in [0, 0.05) is 30.3 Å². The number of aromatic nitrogens is 1. The summed E-state index contributed by atoms with van der Waals surface area (Å²) in [5, 5.41) is 2.81. The molecule has 1 aliphatic heterocycles. The number of halogens is 1. The van der Waals surface area contributed by atoms with Crippen molar-refractivity contribution in [1.82, 2.24) is 15.2 Å². The molecule has 1 aliphatic carbocycles. The predicted octanol–water partition coefficient (Wildman–Crippen LogP) is 5.03. The van der Waals surface area contributed by atoms with Crippen LogP contribution in [-0.4, -0.2) is 40.3 Å². The zero-order valence-electron chi connectivity index (χ0n) is 19.0. The average Bonchev–Trinajstić information content (AvgIpc) is 3.25. The molecular weight excluding hydrogens is 421 g/mol. The Kier molecular flexibility index (Phi) is 5.43. The monoisotopic (exact) mass is 449 g/mol. The summed E-state index contributed by atoms with van der Waals surface area (Å²) in [6.45, 7) is 4.30. The lowest BCUT2D eigenvalue weighted by Gasteiger charge is -2.40. The number of nitrogens with zero attached hydrogens (tertiary/aromatic N) is 2. The molecular formula is C26H28FN3O3. The van der Waals surface area contributed by atoms with Crippen LogP contribution in [0, 0.1) is 5.82 Å². The molecule has 0 bridgehead atoms. The summed E-state index contributed by atoms with van der Waals surface area (Å²) in [6, 6.07) is 10.00. The summed E-state index contributed by atoms with van der Waals surface area (Å²) >= 11 is 0. The number of furan rings is 1. The lowest BCUT2D eigenvalue weighted by molar-refractivity contribution is -0.133. The molecule has 0 unspecified atom stereocenters. The van der Waals surface area contributed by atoms with Crippen molar-refractivity contribution in [3.05, 3.63) is 53.5 Å². The van der Waals surface area contributed by atoms with E-state index in [9.17, 15) is 14.0 Å². The fourth-order valence-electron chi connectivity index (χ4n) is 5.02. The normalized spacial score (nSPS) is 19.0. The molecule has 3 heterocycles. The van der Waals surface area contributed by atoms with Crippen LogP contribution in [0.15, 0.2) is 40.8 Å². The third-order valence-electron chi connectivity index (χ3n) is 7.00. The number of pyridine rings is 1. The second-order valence-electron chi connectivity index (χ2n) is 9.54. The molecule has 0 spiro atoms. The van der Waals surface area contributed by atoms with Gasteiger partial charge in [0.1, 0.15) is 16.9 Å². The van der Waals surface area contributed by atoms with Gasteiger partial charge in [-0.1, -0.05) is 19.3 Å². The minimum atomic E-state index is -0.965. The van der Waals surface area contributed by atoms with Gasteiger partial charge in [0.15, 0.2) is 11.3 Å². The van der Waals surface area contributed by atoms with Crippen molar-refractivity contribution in [2.45, 2.75) is 57.4 Å². The van der Waals surface area contributed by atoms with Crippen molar-refractivity contribution in [3.8, 4) is 11.3 Å². The molecule has 1 aromatic carbocycles. The molecule has 0 atom stereocenters. The summed E-state index contributed by atoms with van der Waals surface area (Å²) in [6.07, 6.45) is 5.66. The Balaban J connectivity index is 1.60. The van der Waals surface area contributed by atoms with Gasteiger partial charge in [-0.3, -0.25) is 9.59 Å². The molecule has 33 heavy (non-hydrogen) atoms. The maximum absolute atomic E-state index is 13.5. The fraction of sp³-hybridized carbons (Fsp3) is 0.423. The lowest BCUT2D eigenvalue weighted by Crippen LogP contribution is -2.63. The van der Waals surface area contributed by atoms with E-state index < -0.39 is 5.54 Å². The number of hydrogen-bond acceptors (Lipinski definition) is 4. The lowest BCUT2D eigenvalue weighted by atomic mass is 9.83. The van der Waals surface area contributed by atoms with E-state index in [1.54, 1.807) is 36.9 Å². The van der Waals surface area contributed by atoms with Gasteiger partial charge in [-0.15, -0.1) is 0 Å². The number of piperazine rings is 1. The Bertz CT molecular complexity index is 1210. The van der Waals surface area contributed by atoms with Gasteiger partial charge in [-0.25, -0.2) is 9.37 Å². The first-order chi connectivity index (χ1) is 15.8. The van der Waals surface area contributed by atoms with Crippen LogP contribution in [0.5, 0.6) is 0 Å². The van der Waals surface area contributed by atoms with Crippen molar-refractivity contribution < 1.29 is 18.4 Å². The quantitative estimate of drug-likeness (QED) is 0.608. The van der Waals surface area contributed by atoms with E-state index in [0.717, 1.165) is 42.5 Å². The van der Waals surface area contributed by atoms with Crippen LogP contribution >= 0.6 is 0 Å². The van der Waals surface area contributed by atoms with Gasteiger partial charge in [-0.2, -0.15) is 0 Å². The zero-order chi connectivity index (χ0) is 23.2. The second kappa shape index (κ2) is 8.28. The number of hydrogen-bond donors (Lipinski definition) is 1. The highest BCUT2D eigenvalue weighted by molar-refractivity contribution is 6.00. The van der Waals surface area contributed by atoms with Gasteiger partial charge >= 0.3 is 0 Å². The van der Waals surface area contributed by atoms with E-state index in [0.29, 0.717) is 30.1 Å². The maximum Gasteiger partial charge on any atom is 0.290 e. The number of carbonyl (C=O) groups excluding carboxylic acids is 2. The Morgan fingerprint density at radius 1 is 1.15 bits per heavy atom. The van der Waals surface area contributed by atoms with Crippen LogP contribution in [0.2, 0.25) is 0 Å². The summed E-state index contributed by atoms with van der Waals surface area (Å²) in [7, 11) is 0. The Labute approximate surface area is 192 Å². The first-order valence-electron chi connectivity index (χ1n) is 11.7. The minimum absolute atomic E-state index is 0.183. The van der Waals surface area contributed by atoms with E-state index >= 15 is 0 Å². The molecule has 2 amide bonds. The first-order valence-corrected chi connectivity index (χ1v) is 11.7. The molecule has 1 N–H and O–H groups in total. The third-order valence-corrected chi connectivity index (χ3v) is 7.00. The van der Waals surface area contributed by atoms with Crippen molar-refractivity contribution in [2.75, 3.05) is 13.1 Å². The summed E-state index contributed by atoms with van der Waals surface area (Å²) in [4.78, 5) is 32.1. The maximum atomic E-state index is 13.5. The standard InChI is InChI=1S/C26H28FN3O3/c1-26(2)25(32)28-12-13-30(26)24(31)22-15-21-23(33-22)19(16-6-4-3-5-7-16)14-20(29-21)17-8-10-18(27)11-9-17/h8-11,14-16H,3-7,12-13H2,1-2H3,(H,28,32). The number of carbonyl (C=O) groups is 2. The van der Waals surface area contributed by atoms with Crippen LogP contribution in [0.25, 0.3) is 22.4 Å². The van der Waals surface area contributed by atoms with E-state index in [2.05, 4.69) is 5.32 Å². The molecule has 2 fully saturated rings. The molecule has 1 saturated heterocycles. The second-order valence-corrected chi connectivity index (χ2v) is 9.54. The smallest absolute Gasteiger partial charge is 0.290 e. The molecule has 7 heteroatoms. The largest absolute Gasteiger partial charge is 0.449 e. The molecule has 6 nitrogen and oxygen atoms in total. The number of fused-ring (bicyclic) bond motifs is 1. The molecule has 2 aliphatic rings. The van der Waals surface area contributed by atoms with E-state index in [4.69, 9.17) is 9.40 Å². The first kappa shape index (κ1) is 21.6. The van der Waals surface area contributed by atoms with Gasteiger partial charge in [-0.05, 0) is 62.9 Å². The molecule has 2 aromatic heterocycles. The molecule has 3 aromatic rings. The van der Waals surface area contributed by atoms with Gasteiger partial charge in [0.25, 0.3) is 5.91 Å². The predicted molar refractivity (Wildman–Crippen MR) is 123 cm³/mol. The minimum Gasteiger partial charge on any atom is -0.449 e. The van der Waals surface area contributed by atoms with Crippen LogP contribution < -0.4 is 5.32 Å². The molecule has 172 valence electrons. The van der Waals surface area contributed by atoms with Gasteiger partial charge in [0.2, 0.25) is 5.91 Å². The highest BCUT2D eigenvalue weighted by Gasteiger charge is 2.41. The van der Waals surface area contributed by atoms with E-state index in [1.807, 2.05) is 6.07 Å². The number of benzene rings is 1. The summed E-state index contributed by atoms with van der Waals surface area (Å²) in [5.74, 6) is -0.274. The SMILES string of the molecule is CC1(C)C(=O)NCCN1C(=O)c1cc2nc(-c3ccc(F)cc3)cc(C3CCCCC3)c2o1. The Hall–Kier alpha value is -3.22. The summed E-state index contributed by atoms with van der Waals surface area (Å²) < 4.78 is 19.6. The van der Waals surface area contributed by atoms with Crippen molar-refractivity contribution >= 4 is 22.9 Å². The number of rotatable bonds is 3. The zero-order valence-corrected chi connectivity index (χ0v) is 19.0. The Morgan fingerprint density at radius 3 is 2.61 bits per heavy atom. The molecule has 0 radical (unpaired) electrons. The van der Waals surface area contributed by atoms with E-state index in [-0.39, 0.29) is 23.4 Å². The van der Waals surface area contributed by atoms with Gasteiger partial charge < -0.3 is 14.6 Å². The fourth-order valence-corrected chi connectivity index (χ4v) is 5.02. The van der Waals surface area contributed by atoms with Crippen LogP contribution in [0.4, 0.5) is 4.39 Å². The highest BCUT2D eigenvalue weighted by atomic mass is 19.1. The van der Waals surface area contributed by atoms with Crippen molar-refractivity contribution in [3.63, 3.8) is 0 Å². The molecule has 1 saturated carbocycles. The van der Waals surface area contributed by atoms with Crippen molar-refractivity contribution in [2.24, 2.45) is 0 Å². The average molecular weight is 450 g/mol. The van der Waals surface area contributed by atoms with E-state index in [1.165, 1.54) is 18.6 Å². The third kappa shape index (κ3) is 3.90. The number of amides is 2. The van der Waals surface area contributed by atoms with Gasteiger partial charge in [0.05, 0.1) is 5.69 Å². The topological polar surface area (TPSA) is 75.4 Å². The van der Waals surface area contributed by atoms with Crippen LogP contribution in [-0.2, 0) is 4.79 Å². The number of nitrogens with one attached hydrogen (secondary N) is 1. The van der Waals surface area contributed by atoms with Crippen LogP contribution in [0.1, 0.15) is 68.0 Å². The Morgan fingerprint density at radius 2 is 1.88 bits per heavy atom.